The first-order chi connectivity index (χ1) is 14.3. The highest BCUT2D eigenvalue weighted by molar-refractivity contribution is 7.80. The van der Waals surface area contributed by atoms with Crippen LogP contribution in [0.5, 0.6) is 0 Å². The second kappa shape index (κ2) is 11.8. The fourth-order valence-electron chi connectivity index (χ4n) is 2.93. The Labute approximate surface area is 184 Å². The van der Waals surface area contributed by atoms with E-state index in [4.69, 9.17) is 0 Å². The third-order valence-corrected chi connectivity index (χ3v) is 5.41. The van der Waals surface area contributed by atoms with E-state index >= 15 is 0 Å². The van der Waals surface area contributed by atoms with Crippen LogP contribution in [0.15, 0.2) is 0 Å². The minimum absolute atomic E-state index is 0.115. The molecule has 0 aliphatic heterocycles. The van der Waals surface area contributed by atoms with Gasteiger partial charge in [0.1, 0.15) is 0 Å². The topological polar surface area (TPSA) is 0 Å². The zero-order valence-electron chi connectivity index (χ0n) is 17.5. The molecule has 0 N–H and O–H groups in total. The van der Waals surface area contributed by atoms with Crippen molar-refractivity contribution in [3.63, 3.8) is 0 Å². The van der Waals surface area contributed by atoms with Gasteiger partial charge in [0.05, 0.1) is 0 Å². The zero-order valence-corrected chi connectivity index (χ0v) is 18.4. The minimum atomic E-state index is -7.45. The van der Waals surface area contributed by atoms with Crippen molar-refractivity contribution >= 4 is 12.6 Å². The molecule has 0 aromatic carbocycles. The maximum atomic E-state index is 13.7. The first-order valence-electron chi connectivity index (χ1n) is 10.2. The maximum Gasteiger partial charge on any atom is 0.384 e. The van der Waals surface area contributed by atoms with E-state index in [1.165, 1.54) is 0 Å². The van der Waals surface area contributed by atoms with Gasteiger partial charge in [0.2, 0.25) is 0 Å². The van der Waals surface area contributed by atoms with Crippen molar-refractivity contribution in [1.29, 1.82) is 0 Å². The molecule has 13 heteroatoms. The lowest BCUT2D eigenvalue weighted by Crippen LogP contribution is -2.70. The van der Waals surface area contributed by atoms with Gasteiger partial charge in [0.15, 0.2) is 0 Å². The van der Waals surface area contributed by atoms with Crippen LogP contribution in [0.1, 0.15) is 77.6 Å². The normalized spacial score (nSPS) is 14.8. The standard InChI is InChI=1S/C19H28F12S/c1-14(20,21)16(24,25)18(28,29)19(30,31)17(26,27)15(22,23)12-10-8-6-4-2-3-5-7-9-11-13-32/h32H,2-13H2,1H3. The van der Waals surface area contributed by atoms with Crippen LogP contribution in [-0.2, 0) is 0 Å². The largest absolute Gasteiger partial charge is 0.384 e. The van der Waals surface area contributed by atoms with Crippen molar-refractivity contribution < 1.29 is 52.7 Å². The van der Waals surface area contributed by atoms with Crippen molar-refractivity contribution in [1.82, 2.24) is 0 Å². The van der Waals surface area contributed by atoms with Gasteiger partial charge in [-0.3, -0.25) is 0 Å². The molecule has 0 fully saturated rings. The molecule has 0 saturated carbocycles. The van der Waals surface area contributed by atoms with E-state index in [0.29, 0.717) is 6.42 Å². The highest BCUT2D eigenvalue weighted by Gasteiger charge is 2.89. The summed E-state index contributed by atoms with van der Waals surface area (Å²) in [6.07, 6.45) is 3.42. The zero-order chi connectivity index (χ0) is 25.5. The molecular formula is C19H28F12S. The molecule has 194 valence electrons. The number of hydrogen-bond donors (Lipinski definition) is 1. The Bertz CT molecular complexity index is 543. The molecule has 0 aromatic rings. The van der Waals surface area contributed by atoms with Crippen LogP contribution in [0, 0.1) is 0 Å². The van der Waals surface area contributed by atoms with E-state index in [0.717, 1.165) is 44.3 Å². The second-order valence-corrected chi connectivity index (χ2v) is 8.35. The molecule has 0 amide bonds. The predicted octanol–water partition coefficient (Wildman–Crippen LogP) is 9.04. The summed E-state index contributed by atoms with van der Waals surface area (Å²) < 4.78 is 160. The first kappa shape index (κ1) is 31.5. The minimum Gasteiger partial charge on any atom is -0.200 e. The summed E-state index contributed by atoms with van der Waals surface area (Å²) >= 11 is 4.06. The summed E-state index contributed by atoms with van der Waals surface area (Å²) in [6.45, 7) is -0.907. The van der Waals surface area contributed by atoms with Crippen molar-refractivity contribution in [2.24, 2.45) is 0 Å². The van der Waals surface area contributed by atoms with Crippen molar-refractivity contribution in [2.45, 2.75) is 113 Å². The van der Waals surface area contributed by atoms with Crippen LogP contribution in [-0.4, -0.2) is 41.3 Å². The summed E-state index contributed by atoms with van der Waals surface area (Å²) in [5.74, 6) is -39.8. The van der Waals surface area contributed by atoms with Gasteiger partial charge in [-0.05, 0) is 18.6 Å². The summed E-state index contributed by atoms with van der Waals surface area (Å²) in [4.78, 5) is 0. The molecule has 32 heavy (non-hydrogen) atoms. The summed E-state index contributed by atoms with van der Waals surface area (Å²) in [6, 6.07) is 0. The van der Waals surface area contributed by atoms with Gasteiger partial charge in [-0.15, -0.1) is 0 Å². The molecule has 0 aromatic heterocycles. The lowest BCUT2D eigenvalue weighted by molar-refractivity contribution is -0.423. The highest BCUT2D eigenvalue weighted by atomic mass is 32.1. The monoisotopic (exact) mass is 516 g/mol. The molecule has 0 aliphatic carbocycles. The van der Waals surface area contributed by atoms with E-state index in [1.54, 1.807) is 0 Å². The van der Waals surface area contributed by atoms with Crippen LogP contribution >= 0.6 is 12.6 Å². The lowest BCUT2D eigenvalue weighted by atomic mass is 9.90. The van der Waals surface area contributed by atoms with E-state index in [2.05, 4.69) is 12.6 Å². The average Bonchev–Trinajstić information content (AvgIpc) is 2.64. The van der Waals surface area contributed by atoms with Gasteiger partial charge in [-0.2, -0.15) is 65.3 Å². The first-order valence-corrected chi connectivity index (χ1v) is 10.8. The van der Waals surface area contributed by atoms with Gasteiger partial charge in [0.25, 0.3) is 0 Å². The highest BCUT2D eigenvalue weighted by Crippen LogP contribution is 2.60. The quantitative estimate of drug-likeness (QED) is 0.111. The second-order valence-electron chi connectivity index (χ2n) is 7.90. The third-order valence-electron chi connectivity index (χ3n) is 5.09. The number of unbranched alkanes of at least 4 members (excludes halogenated alkanes) is 9. The smallest absolute Gasteiger partial charge is 0.200 e. The van der Waals surface area contributed by atoms with E-state index in [-0.39, 0.29) is 12.8 Å². The Morgan fingerprint density at radius 2 is 0.750 bits per heavy atom. The van der Waals surface area contributed by atoms with Gasteiger partial charge in [0, 0.05) is 13.3 Å². The number of hydrogen-bond acceptors (Lipinski definition) is 1. The fraction of sp³-hybridized carbons (Fsp3) is 1.00. The molecule has 0 atom stereocenters. The molecule has 0 heterocycles. The fourth-order valence-corrected chi connectivity index (χ4v) is 3.15. The van der Waals surface area contributed by atoms with Crippen molar-refractivity contribution in [3.8, 4) is 0 Å². The molecule has 0 spiro atoms. The van der Waals surface area contributed by atoms with Crippen molar-refractivity contribution in [3.05, 3.63) is 0 Å². The number of thiol groups is 1. The Morgan fingerprint density at radius 3 is 1.09 bits per heavy atom. The van der Waals surface area contributed by atoms with Crippen LogP contribution < -0.4 is 0 Å². The Balaban J connectivity index is 4.84. The number of alkyl halides is 12. The molecule has 0 unspecified atom stereocenters. The molecular weight excluding hydrogens is 488 g/mol. The Hall–Kier alpha value is -0.490. The Morgan fingerprint density at radius 1 is 0.438 bits per heavy atom. The predicted molar refractivity (Wildman–Crippen MR) is 100.0 cm³/mol. The molecule has 0 aliphatic rings. The van der Waals surface area contributed by atoms with Gasteiger partial charge in [-0.25, -0.2) is 0 Å². The van der Waals surface area contributed by atoms with Crippen LogP contribution in [0.3, 0.4) is 0 Å². The summed E-state index contributed by atoms with van der Waals surface area (Å²) in [7, 11) is 0. The van der Waals surface area contributed by atoms with Gasteiger partial charge in [-0.1, -0.05) is 51.4 Å². The van der Waals surface area contributed by atoms with Crippen LogP contribution in [0.2, 0.25) is 0 Å². The summed E-state index contributed by atoms with van der Waals surface area (Å²) in [5, 5.41) is 0. The van der Waals surface area contributed by atoms with Crippen LogP contribution in [0.25, 0.3) is 0 Å². The maximum absolute atomic E-state index is 13.7. The SMILES string of the molecule is CC(F)(F)C(F)(F)C(F)(F)C(F)(F)C(F)(F)C(F)(F)CCCCCCCCCCCCS. The average molecular weight is 516 g/mol. The molecule has 0 rings (SSSR count). The Kier molecular flexibility index (Phi) is 11.6. The van der Waals surface area contributed by atoms with Gasteiger partial charge < -0.3 is 0 Å². The van der Waals surface area contributed by atoms with Crippen LogP contribution in [0.4, 0.5) is 52.7 Å². The lowest BCUT2D eigenvalue weighted by Gasteiger charge is -2.40. The van der Waals surface area contributed by atoms with E-state index < -0.39 is 55.3 Å². The van der Waals surface area contributed by atoms with Crippen molar-refractivity contribution in [2.75, 3.05) is 5.75 Å². The number of rotatable bonds is 17. The van der Waals surface area contributed by atoms with E-state index in [1.807, 2.05) is 0 Å². The molecule has 0 saturated heterocycles. The molecule has 0 nitrogen and oxygen atoms in total. The molecule has 0 radical (unpaired) electrons. The number of halogens is 12. The molecule has 0 bridgehead atoms. The van der Waals surface area contributed by atoms with Gasteiger partial charge >= 0.3 is 35.5 Å². The third kappa shape index (κ3) is 7.01. The van der Waals surface area contributed by atoms with E-state index in [9.17, 15) is 52.7 Å². The summed E-state index contributed by atoms with van der Waals surface area (Å²) in [5.41, 5.74) is 0.